The topological polar surface area (TPSA) is 146 Å². The molecule has 2 amide bonds. The molecule has 3 fully saturated rings. The summed E-state index contributed by atoms with van der Waals surface area (Å²) in [6.07, 6.45) is 5.98. The van der Waals surface area contributed by atoms with Crippen LogP contribution in [0.2, 0.25) is 0 Å². The van der Waals surface area contributed by atoms with E-state index >= 15 is 0 Å². The van der Waals surface area contributed by atoms with Gasteiger partial charge in [0, 0.05) is 63.3 Å². The Morgan fingerprint density at radius 2 is 1.82 bits per heavy atom. The Morgan fingerprint density at radius 3 is 2.53 bits per heavy atom. The first-order valence-corrected chi connectivity index (χ1v) is 11.8. The summed E-state index contributed by atoms with van der Waals surface area (Å²) in [6.45, 7) is 5.07. The monoisotopic (exact) mass is 469 g/mol. The number of nitrogen functional groups attached to an aromatic ring is 1. The molecule has 0 saturated carbocycles. The Kier molecular flexibility index (Phi) is 6.33. The van der Waals surface area contributed by atoms with Crippen molar-refractivity contribution >= 4 is 23.7 Å². The van der Waals surface area contributed by atoms with Crippen LogP contribution >= 0.6 is 0 Å². The van der Waals surface area contributed by atoms with Crippen molar-refractivity contribution < 1.29 is 14.6 Å². The number of carbonyl (C=O) groups is 1. The molecule has 1 atom stereocenters. The molecule has 0 aromatic carbocycles. The highest BCUT2D eigenvalue weighted by atomic mass is 16.5. The zero-order valence-electron chi connectivity index (χ0n) is 19.2. The second kappa shape index (κ2) is 9.55. The summed E-state index contributed by atoms with van der Waals surface area (Å²) in [7, 11) is 0. The van der Waals surface area contributed by atoms with Crippen LogP contribution in [0.5, 0.6) is 0 Å². The summed E-state index contributed by atoms with van der Waals surface area (Å²) in [5.41, 5.74) is 6.34. The molecule has 0 aliphatic carbocycles. The zero-order chi connectivity index (χ0) is 23.5. The van der Waals surface area contributed by atoms with Gasteiger partial charge in [-0.25, -0.2) is 19.7 Å². The van der Waals surface area contributed by atoms with Crippen LogP contribution in [0.1, 0.15) is 19.3 Å². The number of aromatic nitrogens is 4. The van der Waals surface area contributed by atoms with Gasteiger partial charge in [-0.2, -0.15) is 4.98 Å². The van der Waals surface area contributed by atoms with Gasteiger partial charge in [-0.15, -0.1) is 0 Å². The molecular formula is C22H31N9O3. The highest BCUT2D eigenvalue weighted by molar-refractivity contribution is 5.75. The Balaban J connectivity index is 1.41. The maximum atomic E-state index is 12.9. The van der Waals surface area contributed by atoms with Gasteiger partial charge in [0.2, 0.25) is 11.9 Å². The first-order valence-electron chi connectivity index (χ1n) is 11.8. The maximum Gasteiger partial charge on any atom is 0.320 e. The second-order valence-electron chi connectivity index (χ2n) is 9.08. The van der Waals surface area contributed by atoms with E-state index in [-0.39, 0.29) is 18.6 Å². The van der Waals surface area contributed by atoms with E-state index < -0.39 is 5.54 Å². The number of aliphatic hydroxyl groups is 1. The molecule has 12 nitrogen and oxygen atoms in total. The Morgan fingerprint density at radius 1 is 1.09 bits per heavy atom. The number of rotatable bonds is 5. The van der Waals surface area contributed by atoms with Crippen LogP contribution in [0.3, 0.4) is 0 Å². The quantitative estimate of drug-likeness (QED) is 0.563. The number of nitrogens with two attached hydrogens (primary N) is 1. The van der Waals surface area contributed by atoms with E-state index in [0.717, 1.165) is 25.9 Å². The molecule has 0 radical (unpaired) electrons. The molecule has 3 saturated heterocycles. The number of nitrogens with one attached hydrogen (secondary N) is 1. The predicted octanol–water partition coefficient (Wildman–Crippen LogP) is 0.417. The average Bonchev–Trinajstić information content (AvgIpc) is 3.56. The van der Waals surface area contributed by atoms with Gasteiger partial charge in [-0.1, -0.05) is 0 Å². The van der Waals surface area contributed by atoms with Gasteiger partial charge in [0.05, 0.1) is 31.1 Å². The van der Waals surface area contributed by atoms with E-state index in [1.807, 2.05) is 15.9 Å². The summed E-state index contributed by atoms with van der Waals surface area (Å²) >= 11 is 0. The van der Waals surface area contributed by atoms with Crippen molar-refractivity contribution in [3.63, 3.8) is 0 Å². The Bertz CT molecular complexity index is 1010. The highest BCUT2D eigenvalue weighted by Gasteiger charge is 2.41. The molecule has 4 N–H and O–H groups in total. The standard InChI is InChI=1S/C22H31N9O3/c23-19-24-12-16(13-25-19)17-11-18(27-20(26-17)29-7-9-34-10-8-29)28-22(15-32)3-6-31(14-22)21(33)30-4-1-2-5-30/h11-13,32H,1-10,14-15H2,(H2,23,24,25)(H,26,27,28)/t22-/m0/s1. The number of morpholine rings is 1. The number of likely N-dealkylation sites (tertiary alicyclic amines) is 2. The maximum absolute atomic E-state index is 12.9. The summed E-state index contributed by atoms with van der Waals surface area (Å²) in [4.78, 5) is 36.4. The van der Waals surface area contributed by atoms with Crippen molar-refractivity contribution in [2.75, 3.05) is 75.0 Å². The number of nitrogens with zero attached hydrogens (tertiary/aromatic N) is 7. The number of hydrogen-bond donors (Lipinski definition) is 3. The van der Waals surface area contributed by atoms with Gasteiger partial charge >= 0.3 is 6.03 Å². The first-order chi connectivity index (χ1) is 16.5. The third-order valence-electron chi connectivity index (χ3n) is 6.67. The normalized spacial score (nSPS) is 22.9. The molecule has 12 heteroatoms. The molecule has 182 valence electrons. The molecule has 2 aromatic rings. The third kappa shape index (κ3) is 4.68. The number of aliphatic hydroxyl groups excluding tert-OH is 1. The average molecular weight is 470 g/mol. The molecule has 0 bridgehead atoms. The predicted molar refractivity (Wildman–Crippen MR) is 126 cm³/mol. The summed E-state index contributed by atoms with van der Waals surface area (Å²) < 4.78 is 5.48. The minimum atomic E-state index is -0.680. The van der Waals surface area contributed by atoms with Crippen molar-refractivity contribution in [1.29, 1.82) is 0 Å². The lowest BCUT2D eigenvalue weighted by Crippen LogP contribution is -2.48. The lowest BCUT2D eigenvalue weighted by molar-refractivity contribution is 0.122. The van der Waals surface area contributed by atoms with Crippen molar-refractivity contribution in [3.8, 4) is 11.3 Å². The first kappa shape index (κ1) is 22.5. The Labute approximate surface area is 198 Å². The molecule has 34 heavy (non-hydrogen) atoms. The van der Waals surface area contributed by atoms with Gasteiger partial charge in [0.15, 0.2) is 0 Å². The number of amides is 2. The molecule has 3 aliphatic rings. The smallest absolute Gasteiger partial charge is 0.320 e. The van der Waals surface area contributed by atoms with E-state index in [2.05, 4.69) is 20.2 Å². The third-order valence-corrected chi connectivity index (χ3v) is 6.67. The molecule has 2 aromatic heterocycles. The van der Waals surface area contributed by atoms with E-state index in [0.29, 0.717) is 68.8 Å². The van der Waals surface area contributed by atoms with Gasteiger partial charge in [0.25, 0.3) is 0 Å². The van der Waals surface area contributed by atoms with E-state index in [4.69, 9.17) is 20.4 Å². The molecule has 3 aliphatic heterocycles. The molecule has 5 heterocycles. The second-order valence-corrected chi connectivity index (χ2v) is 9.08. The lowest BCUT2D eigenvalue weighted by Gasteiger charge is -2.31. The van der Waals surface area contributed by atoms with Crippen LogP contribution < -0.4 is 16.0 Å². The largest absolute Gasteiger partial charge is 0.394 e. The molecule has 0 spiro atoms. The van der Waals surface area contributed by atoms with Gasteiger partial charge in [0.1, 0.15) is 5.82 Å². The fraction of sp³-hybridized carbons (Fsp3) is 0.591. The SMILES string of the molecule is Nc1ncc(-c2cc(N[C@@]3(CO)CCN(C(=O)N4CCCC4)C3)nc(N3CCOCC3)n2)cn1. The van der Waals surface area contributed by atoms with Gasteiger partial charge in [-0.05, 0) is 19.3 Å². The van der Waals surface area contributed by atoms with Crippen molar-refractivity contribution in [2.24, 2.45) is 0 Å². The van der Waals surface area contributed by atoms with Crippen LogP contribution in [0, 0.1) is 0 Å². The van der Waals surface area contributed by atoms with Gasteiger partial charge < -0.3 is 35.6 Å². The number of hydrogen-bond acceptors (Lipinski definition) is 10. The fourth-order valence-corrected chi connectivity index (χ4v) is 4.71. The highest BCUT2D eigenvalue weighted by Crippen LogP contribution is 2.30. The van der Waals surface area contributed by atoms with E-state index in [1.54, 1.807) is 12.4 Å². The number of urea groups is 1. The van der Waals surface area contributed by atoms with Crippen LogP contribution in [0.4, 0.5) is 22.5 Å². The molecular weight excluding hydrogens is 438 g/mol. The summed E-state index contributed by atoms with van der Waals surface area (Å²) in [5, 5.41) is 13.8. The molecule has 5 rings (SSSR count). The van der Waals surface area contributed by atoms with Crippen molar-refractivity contribution in [3.05, 3.63) is 18.5 Å². The van der Waals surface area contributed by atoms with Gasteiger partial charge in [-0.3, -0.25) is 0 Å². The Hall–Kier alpha value is -3.25. The lowest BCUT2D eigenvalue weighted by atomic mass is 10.00. The fourth-order valence-electron chi connectivity index (χ4n) is 4.71. The summed E-state index contributed by atoms with van der Waals surface area (Å²) in [6, 6.07) is 1.87. The minimum absolute atomic E-state index is 0.0473. The van der Waals surface area contributed by atoms with Crippen LogP contribution in [0.25, 0.3) is 11.3 Å². The van der Waals surface area contributed by atoms with Crippen LogP contribution in [-0.4, -0.2) is 106 Å². The molecule has 0 unspecified atom stereocenters. The van der Waals surface area contributed by atoms with E-state index in [9.17, 15) is 9.90 Å². The minimum Gasteiger partial charge on any atom is -0.394 e. The zero-order valence-corrected chi connectivity index (χ0v) is 19.2. The van der Waals surface area contributed by atoms with Crippen LogP contribution in [-0.2, 0) is 4.74 Å². The number of carbonyl (C=O) groups excluding carboxylic acids is 1. The van der Waals surface area contributed by atoms with Crippen molar-refractivity contribution in [1.82, 2.24) is 29.7 Å². The number of anilines is 3. The van der Waals surface area contributed by atoms with Crippen molar-refractivity contribution in [2.45, 2.75) is 24.8 Å². The van der Waals surface area contributed by atoms with E-state index in [1.165, 1.54) is 0 Å². The summed E-state index contributed by atoms with van der Waals surface area (Å²) in [5.74, 6) is 1.33. The number of ether oxygens (including phenoxy) is 1. The van der Waals surface area contributed by atoms with Crippen LogP contribution in [0.15, 0.2) is 18.5 Å².